The number of benzene rings is 1. The molecule has 2 aromatic rings. The molecular weight excluding hydrogens is 345 g/mol. The summed E-state index contributed by atoms with van der Waals surface area (Å²) in [6.45, 7) is 0.383. The first-order chi connectivity index (χ1) is 11.2. The highest BCUT2D eigenvalue weighted by Crippen LogP contribution is 2.19. The molecule has 2 rings (SSSR count). The summed E-state index contributed by atoms with van der Waals surface area (Å²) < 4.78 is 42.4. The third kappa shape index (κ3) is 5.41. The van der Waals surface area contributed by atoms with Crippen LogP contribution in [0.3, 0.4) is 0 Å². The zero-order chi connectivity index (χ0) is 17.7. The normalized spacial score (nSPS) is 11.3. The van der Waals surface area contributed by atoms with E-state index in [1.165, 1.54) is 16.7 Å². The lowest BCUT2D eigenvalue weighted by Crippen LogP contribution is -2.30. The van der Waals surface area contributed by atoms with Gasteiger partial charge in [-0.3, -0.25) is 14.2 Å². The van der Waals surface area contributed by atoms with Crippen LogP contribution in [0.25, 0.3) is 0 Å². The second-order valence-electron chi connectivity index (χ2n) is 5.06. The molecule has 1 aromatic heterocycles. The van der Waals surface area contributed by atoms with Gasteiger partial charge in [0.15, 0.2) is 6.61 Å². The number of alkyl halides is 3. The summed E-state index contributed by atoms with van der Waals surface area (Å²) in [7, 11) is 0. The lowest BCUT2D eigenvalue weighted by molar-refractivity contribution is -0.153. The molecule has 1 aromatic carbocycles. The molecule has 1 heterocycles. The summed E-state index contributed by atoms with van der Waals surface area (Å²) in [5, 5.41) is 4.28. The third-order valence-electron chi connectivity index (χ3n) is 3.07. The molecule has 0 unspecified atom stereocenters. The summed E-state index contributed by atoms with van der Waals surface area (Å²) >= 11 is 1.02. The number of halogens is 3. The van der Waals surface area contributed by atoms with Gasteiger partial charge in [0.25, 0.3) is 0 Å². The van der Waals surface area contributed by atoms with Gasteiger partial charge in [0.05, 0.1) is 0 Å². The molecule has 0 saturated heterocycles. The van der Waals surface area contributed by atoms with Crippen molar-refractivity contribution in [1.82, 2.24) is 9.88 Å². The molecule has 0 atom stereocenters. The predicted molar refractivity (Wildman–Crippen MR) is 83.2 cm³/mol. The van der Waals surface area contributed by atoms with Crippen molar-refractivity contribution in [3.8, 4) is 5.75 Å². The molecule has 1 N–H and O–H groups in total. The Bertz CT molecular complexity index is 768. The largest absolute Gasteiger partial charge is 0.484 e. The van der Waals surface area contributed by atoms with Crippen molar-refractivity contribution in [2.24, 2.45) is 0 Å². The number of amides is 1. The number of aryl methyl sites for hydroxylation is 1. The van der Waals surface area contributed by atoms with Crippen molar-refractivity contribution in [1.29, 1.82) is 0 Å². The van der Waals surface area contributed by atoms with Gasteiger partial charge >= 0.3 is 11.0 Å². The molecule has 24 heavy (non-hydrogen) atoms. The highest BCUT2D eigenvalue weighted by Gasteiger charge is 2.28. The van der Waals surface area contributed by atoms with E-state index >= 15 is 0 Å². The highest BCUT2D eigenvalue weighted by atomic mass is 32.1. The molecular formula is C15H15F3N2O3S. The van der Waals surface area contributed by atoms with Gasteiger partial charge in [-0.05, 0) is 24.6 Å². The predicted octanol–water partition coefficient (Wildman–Crippen LogP) is 2.48. The zero-order valence-corrected chi connectivity index (χ0v) is 13.5. The molecule has 1 amide bonds. The quantitative estimate of drug-likeness (QED) is 0.861. The zero-order valence-electron chi connectivity index (χ0n) is 12.7. The smallest absolute Gasteiger partial charge is 0.422 e. The summed E-state index contributed by atoms with van der Waals surface area (Å²) in [4.78, 5) is 23.2. The van der Waals surface area contributed by atoms with Crippen LogP contribution in [0.5, 0.6) is 5.75 Å². The number of nitrogens with zero attached hydrogens (tertiary/aromatic N) is 1. The second-order valence-corrected chi connectivity index (χ2v) is 5.88. The minimum atomic E-state index is -4.41. The number of nitrogens with one attached hydrogen (secondary N) is 1. The van der Waals surface area contributed by atoms with Crippen LogP contribution in [0.15, 0.2) is 34.4 Å². The van der Waals surface area contributed by atoms with Gasteiger partial charge < -0.3 is 10.1 Å². The second kappa shape index (κ2) is 7.52. The van der Waals surface area contributed by atoms with E-state index in [9.17, 15) is 22.8 Å². The maximum atomic E-state index is 12.1. The lowest BCUT2D eigenvalue weighted by atomic mass is 10.2. The highest BCUT2D eigenvalue weighted by molar-refractivity contribution is 7.07. The number of hydrogen-bond acceptors (Lipinski definition) is 4. The summed E-state index contributed by atoms with van der Waals surface area (Å²) in [6.07, 6.45) is -4.41. The average Bonchev–Trinajstić information content (AvgIpc) is 2.83. The summed E-state index contributed by atoms with van der Waals surface area (Å²) in [5.41, 5.74) is 1.29. The minimum Gasteiger partial charge on any atom is -0.484 e. The van der Waals surface area contributed by atoms with Crippen molar-refractivity contribution in [3.63, 3.8) is 0 Å². The number of ether oxygens (including phenoxy) is 1. The first-order valence-corrected chi connectivity index (χ1v) is 7.83. The number of hydrogen-bond donors (Lipinski definition) is 1. The van der Waals surface area contributed by atoms with E-state index in [1.54, 1.807) is 24.4 Å². The molecule has 0 spiro atoms. The van der Waals surface area contributed by atoms with E-state index in [1.807, 2.05) is 0 Å². The lowest BCUT2D eigenvalue weighted by Gasteiger charge is -2.11. The monoisotopic (exact) mass is 360 g/mol. The first-order valence-electron chi connectivity index (χ1n) is 6.95. The SMILES string of the molecule is Cc1csc(=O)n1CC(=O)NCc1cccc(OCC(F)(F)F)c1. The number of carbonyl (C=O) groups excluding carboxylic acids is 1. The van der Waals surface area contributed by atoms with Crippen LogP contribution in [0, 0.1) is 6.92 Å². The van der Waals surface area contributed by atoms with E-state index in [-0.39, 0.29) is 29.6 Å². The number of thiazole rings is 1. The third-order valence-corrected chi connectivity index (χ3v) is 3.95. The molecule has 0 fully saturated rings. The summed E-state index contributed by atoms with van der Waals surface area (Å²) in [5.74, 6) is -0.288. The number of aromatic nitrogens is 1. The molecule has 5 nitrogen and oxygen atoms in total. The van der Waals surface area contributed by atoms with Gasteiger partial charge in [0, 0.05) is 17.6 Å². The Morgan fingerprint density at radius 3 is 2.75 bits per heavy atom. The number of rotatable bonds is 6. The van der Waals surface area contributed by atoms with Crippen LogP contribution in [-0.4, -0.2) is 23.3 Å². The number of carbonyl (C=O) groups is 1. The molecule has 130 valence electrons. The van der Waals surface area contributed by atoms with Gasteiger partial charge in [0.2, 0.25) is 5.91 Å². The molecule has 0 radical (unpaired) electrons. The Balaban J connectivity index is 1.90. The van der Waals surface area contributed by atoms with Crippen molar-refractivity contribution in [3.05, 3.63) is 50.6 Å². The van der Waals surface area contributed by atoms with E-state index < -0.39 is 12.8 Å². The Hall–Kier alpha value is -2.29. The van der Waals surface area contributed by atoms with Gasteiger partial charge in [-0.2, -0.15) is 13.2 Å². The molecule has 9 heteroatoms. The van der Waals surface area contributed by atoms with Crippen LogP contribution < -0.4 is 14.9 Å². The van der Waals surface area contributed by atoms with Gasteiger partial charge in [-0.25, -0.2) is 0 Å². The maximum Gasteiger partial charge on any atom is 0.422 e. The fourth-order valence-corrected chi connectivity index (χ4v) is 2.64. The maximum absolute atomic E-state index is 12.1. The van der Waals surface area contributed by atoms with Crippen LogP contribution in [0.2, 0.25) is 0 Å². The van der Waals surface area contributed by atoms with Crippen molar-refractivity contribution < 1.29 is 22.7 Å². The van der Waals surface area contributed by atoms with Crippen molar-refractivity contribution in [2.75, 3.05) is 6.61 Å². The van der Waals surface area contributed by atoms with Crippen molar-refractivity contribution >= 4 is 17.2 Å². The van der Waals surface area contributed by atoms with Crippen LogP contribution in [-0.2, 0) is 17.9 Å². The molecule has 0 aliphatic heterocycles. The fraction of sp³-hybridized carbons (Fsp3) is 0.333. The summed E-state index contributed by atoms with van der Waals surface area (Å²) in [6, 6.07) is 6.03. The van der Waals surface area contributed by atoms with Gasteiger partial charge in [0.1, 0.15) is 12.3 Å². The standard InChI is InChI=1S/C15H15F3N2O3S/c1-10-8-24-14(22)20(10)7-13(21)19-6-11-3-2-4-12(5-11)23-9-15(16,17)18/h2-5,8H,6-7,9H2,1H3,(H,19,21). The van der Waals surface area contributed by atoms with Crippen LogP contribution >= 0.6 is 11.3 Å². The first kappa shape index (κ1) is 18.1. The molecule has 0 bridgehead atoms. The molecule has 0 saturated carbocycles. The molecule has 0 aliphatic rings. The van der Waals surface area contributed by atoms with Crippen LogP contribution in [0.4, 0.5) is 13.2 Å². The fourth-order valence-electron chi connectivity index (χ4n) is 1.91. The Morgan fingerprint density at radius 1 is 1.38 bits per heavy atom. The topological polar surface area (TPSA) is 60.3 Å². The van der Waals surface area contributed by atoms with Gasteiger partial charge in [-0.1, -0.05) is 23.5 Å². The van der Waals surface area contributed by atoms with E-state index in [0.717, 1.165) is 11.3 Å². The van der Waals surface area contributed by atoms with E-state index in [0.29, 0.717) is 11.3 Å². The Kier molecular flexibility index (Phi) is 5.66. The molecule has 0 aliphatic carbocycles. The van der Waals surface area contributed by atoms with Crippen LogP contribution in [0.1, 0.15) is 11.3 Å². The Morgan fingerprint density at radius 2 is 2.12 bits per heavy atom. The van der Waals surface area contributed by atoms with E-state index in [2.05, 4.69) is 10.1 Å². The van der Waals surface area contributed by atoms with E-state index in [4.69, 9.17) is 0 Å². The van der Waals surface area contributed by atoms with Crippen molar-refractivity contribution in [2.45, 2.75) is 26.2 Å². The minimum absolute atomic E-state index is 0.0731. The Labute approximate surface area is 139 Å². The van der Waals surface area contributed by atoms with Gasteiger partial charge in [-0.15, -0.1) is 0 Å². The average molecular weight is 360 g/mol.